The van der Waals surface area contributed by atoms with Gasteiger partial charge in [-0.1, -0.05) is 0 Å². The molecule has 2 heterocycles. The maximum atomic E-state index is 10.7. The molecule has 0 aliphatic rings. The molecule has 0 radical (unpaired) electrons. The molecule has 0 aliphatic carbocycles. The lowest BCUT2D eigenvalue weighted by atomic mass is 10.4. The summed E-state index contributed by atoms with van der Waals surface area (Å²) < 4.78 is 2.05. The summed E-state index contributed by atoms with van der Waals surface area (Å²) in [5, 5.41) is 11.8. The van der Waals surface area contributed by atoms with Crippen molar-refractivity contribution in [2.45, 2.75) is 19.9 Å². The lowest BCUT2D eigenvalue weighted by Gasteiger charge is -2.06. The van der Waals surface area contributed by atoms with Crippen LogP contribution in [0.1, 0.15) is 22.7 Å². The van der Waals surface area contributed by atoms with Gasteiger partial charge in [0.2, 0.25) is 5.95 Å². The maximum absolute atomic E-state index is 10.7. The third-order valence-electron chi connectivity index (χ3n) is 2.66. The van der Waals surface area contributed by atoms with Crippen molar-refractivity contribution in [3.05, 3.63) is 36.2 Å². The Morgan fingerprint density at radius 2 is 2.26 bits per heavy atom. The molecule has 100 valence electrons. The van der Waals surface area contributed by atoms with Crippen molar-refractivity contribution in [1.82, 2.24) is 19.5 Å². The van der Waals surface area contributed by atoms with E-state index in [0.29, 0.717) is 12.5 Å². The van der Waals surface area contributed by atoms with Crippen LogP contribution in [0.4, 0.5) is 5.95 Å². The smallest absolute Gasteiger partial charge is 0.354 e. The fraction of sp³-hybridized carbons (Fsp3) is 0.333. The van der Waals surface area contributed by atoms with Crippen LogP contribution in [0.5, 0.6) is 0 Å². The lowest BCUT2D eigenvalue weighted by molar-refractivity contribution is 0.0690. The molecule has 2 aromatic rings. The second-order valence-corrected chi connectivity index (χ2v) is 4.02. The monoisotopic (exact) mass is 261 g/mol. The highest BCUT2D eigenvalue weighted by molar-refractivity contribution is 5.85. The summed E-state index contributed by atoms with van der Waals surface area (Å²) in [7, 11) is 0. The third kappa shape index (κ3) is 3.51. The highest BCUT2D eigenvalue weighted by atomic mass is 16.4. The van der Waals surface area contributed by atoms with E-state index >= 15 is 0 Å². The molecule has 0 aromatic carbocycles. The molecule has 0 bridgehead atoms. The Kier molecular flexibility index (Phi) is 4.07. The molecule has 2 aromatic heterocycles. The van der Waals surface area contributed by atoms with Gasteiger partial charge in [0.05, 0.1) is 0 Å². The predicted molar refractivity (Wildman–Crippen MR) is 69.1 cm³/mol. The van der Waals surface area contributed by atoms with Gasteiger partial charge in [-0.05, 0) is 19.4 Å². The summed E-state index contributed by atoms with van der Waals surface area (Å²) >= 11 is 0. The lowest BCUT2D eigenvalue weighted by Crippen LogP contribution is -2.11. The van der Waals surface area contributed by atoms with Crippen molar-refractivity contribution in [3.63, 3.8) is 0 Å². The number of anilines is 1. The quantitative estimate of drug-likeness (QED) is 0.758. The summed E-state index contributed by atoms with van der Waals surface area (Å²) in [6.07, 6.45) is 6.00. The fourth-order valence-corrected chi connectivity index (χ4v) is 1.65. The highest BCUT2D eigenvalue weighted by Gasteiger charge is 2.05. The molecule has 0 spiro atoms. The van der Waals surface area contributed by atoms with Crippen LogP contribution in [-0.4, -0.2) is 37.1 Å². The third-order valence-corrected chi connectivity index (χ3v) is 2.66. The van der Waals surface area contributed by atoms with Crippen molar-refractivity contribution in [3.8, 4) is 0 Å². The molecule has 0 aliphatic heterocycles. The second-order valence-electron chi connectivity index (χ2n) is 4.02. The SMILES string of the molecule is Cc1nccn1CCCNc1nccc(C(=O)O)n1. The molecule has 7 heteroatoms. The molecule has 7 nitrogen and oxygen atoms in total. The van der Waals surface area contributed by atoms with Crippen LogP contribution < -0.4 is 5.32 Å². The zero-order chi connectivity index (χ0) is 13.7. The number of imidazole rings is 1. The van der Waals surface area contributed by atoms with Gasteiger partial charge in [0.1, 0.15) is 5.82 Å². The molecule has 2 N–H and O–H groups in total. The van der Waals surface area contributed by atoms with E-state index < -0.39 is 5.97 Å². The zero-order valence-corrected chi connectivity index (χ0v) is 10.6. The van der Waals surface area contributed by atoms with Crippen LogP contribution in [0.15, 0.2) is 24.7 Å². The number of carboxylic acids is 1. The van der Waals surface area contributed by atoms with Gasteiger partial charge < -0.3 is 15.0 Å². The molecule has 0 amide bonds. The standard InChI is InChI=1S/C12H15N5O2/c1-9-13-6-8-17(9)7-2-4-14-12-15-5-3-10(16-12)11(18)19/h3,5-6,8H,2,4,7H2,1H3,(H,18,19)(H,14,15,16). The van der Waals surface area contributed by atoms with Crippen LogP contribution in [0.2, 0.25) is 0 Å². The van der Waals surface area contributed by atoms with Gasteiger partial charge in [0, 0.05) is 31.7 Å². The Bertz CT molecular complexity index is 567. The Morgan fingerprint density at radius 3 is 2.95 bits per heavy atom. The van der Waals surface area contributed by atoms with Gasteiger partial charge in [-0.15, -0.1) is 0 Å². The molecular formula is C12H15N5O2. The number of nitrogens with zero attached hydrogens (tertiary/aromatic N) is 4. The molecule has 19 heavy (non-hydrogen) atoms. The highest BCUT2D eigenvalue weighted by Crippen LogP contribution is 2.02. The Labute approximate surface area is 110 Å². The summed E-state index contributed by atoms with van der Waals surface area (Å²) in [6, 6.07) is 1.36. The van der Waals surface area contributed by atoms with Crippen molar-refractivity contribution in [2.75, 3.05) is 11.9 Å². The molecule has 0 unspecified atom stereocenters. The average molecular weight is 261 g/mol. The van der Waals surface area contributed by atoms with Crippen molar-refractivity contribution >= 4 is 11.9 Å². The minimum absolute atomic E-state index is 0.0112. The van der Waals surface area contributed by atoms with Crippen LogP contribution >= 0.6 is 0 Å². The average Bonchev–Trinajstić information content (AvgIpc) is 2.81. The fourth-order valence-electron chi connectivity index (χ4n) is 1.65. The number of carboxylic acid groups (broad SMARTS) is 1. The van der Waals surface area contributed by atoms with Crippen molar-refractivity contribution in [1.29, 1.82) is 0 Å². The summed E-state index contributed by atoms with van der Waals surface area (Å²) in [4.78, 5) is 22.7. The van der Waals surface area contributed by atoms with E-state index in [9.17, 15) is 4.79 Å². The number of aromatic nitrogens is 4. The van der Waals surface area contributed by atoms with Gasteiger partial charge >= 0.3 is 5.97 Å². The van der Waals surface area contributed by atoms with Gasteiger partial charge in [0.15, 0.2) is 5.69 Å². The Hall–Kier alpha value is -2.44. The number of aryl methyl sites for hydroxylation is 2. The minimum Gasteiger partial charge on any atom is -0.477 e. The van der Waals surface area contributed by atoms with E-state index in [0.717, 1.165) is 18.8 Å². The molecule has 0 saturated carbocycles. The van der Waals surface area contributed by atoms with Crippen LogP contribution in [0.25, 0.3) is 0 Å². The predicted octanol–water partition coefficient (Wildman–Crippen LogP) is 1.18. The van der Waals surface area contributed by atoms with E-state index in [1.54, 1.807) is 6.20 Å². The Morgan fingerprint density at radius 1 is 1.42 bits per heavy atom. The van der Waals surface area contributed by atoms with Gasteiger partial charge in [-0.25, -0.2) is 19.7 Å². The number of aromatic carboxylic acids is 1. The van der Waals surface area contributed by atoms with Crippen LogP contribution in [0, 0.1) is 6.92 Å². The first-order valence-electron chi connectivity index (χ1n) is 5.95. The summed E-state index contributed by atoms with van der Waals surface area (Å²) in [6.45, 7) is 3.46. The molecule has 0 atom stereocenters. The second kappa shape index (κ2) is 5.94. The minimum atomic E-state index is -1.06. The number of rotatable bonds is 6. The Balaban J connectivity index is 1.81. The van der Waals surface area contributed by atoms with Gasteiger partial charge in [0.25, 0.3) is 0 Å². The molecular weight excluding hydrogens is 246 g/mol. The van der Waals surface area contributed by atoms with E-state index in [2.05, 4.69) is 24.8 Å². The number of carbonyl (C=O) groups is 1. The summed E-state index contributed by atoms with van der Waals surface area (Å²) in [5.41, 5.74) is -0.0112. The molecule has 0 saturated heterocycles. The van der Waals surface area contributed by atoms with Gasteiger partial charge in [-0.2, -0.15) is 0 Å². The molecule has 0 fully saturated rings. The number of nitrogens with one attached hydrogen (secondary N) is 1. The largest absolute Gasteiger partial charge is 0.477 e. The van der Waals surface area contributed by atoms with Crippen LogP contribution in [-0.2, 0) is 6.54 Å². The topological polar surface area (TPSA) is 92.9 Å². The maximum Gasteiger partial charge on any atom is 0.354 e. The van der Waals surface area contributed by atoms with Gasteiger partial charge in [-0.3, -0.25) is 0 Å². The van der Waals surface area contributed by atoms with E-state index in [1.807, 2.05) is 13.1 Å². The van der Waals surface area contributed by atoms with E-state index in [-0.39, 0.29) is 5.69 Å². The first-order chi connectivity index (χ1) is 9.16. The van der Waals surface area contributed by atoms with Crippen molar-refractivity contribution in [2.24, 2.45) is 0 Å². The van der Waals surface area contributed by atoms with Crippen LogP contribution in [0.3, 0.4) is 0 Å². The molecule has 2 rings (SSSR count). The van der Waals surface area contributed by atoms with E-state index in [1.165, 1.54) is 12.3 Å². The first-order valence-corrected chi connectivity index (χ1v) is 5.95. The van der Waals surface area contributed by atoms with Crippen molar-refractivity contribution < 1.29 is 9.90 Å². The zero-order valence-electron chi connectivity index (χ0n) is 10.6. The first kappa shape index (κ1) is 13.0. The number of hydrogen-bond donors (Lipinski definition) is 2. The summed E-state index contributed by atoms with van der Waals surface area (Å²) in [5.74, 6) is 0.255. The normalized spacial score (nSPS) is 10.4. The van der Waals surface area contributed by atoms with E-state index in [4.69, 9.17) is 5.11 Å². The number of hydrogen-bond acceptors (Lipinski definition) is 5.